The van der Waals surface area contributed by atoms with Crippen LogP contribution in [0.4, 0.5) is 0 Å². The summed E-state index contributed by atoms with van der Waals surface area (Å²) >= 11 is 0. The summed E-state index contributed by atoms with van der Waals surface area (Å²) in [7, 11) is 0. The van der Waals surface area contributed by atoms with Crippen LogP contribution in [0.25, 0.3) is 0 Å². The van der Waals surface area contributed by atoms with Gasteiger partial charge in [-0.05, 0) is 12.1 Å². The van der Waals surface area contributed by atoms with Gasteiger partial charge in [-0.15, -0.1) is 0 Å². The summed E-state index contributed by atoms with van der Waals surface area (Å²) in [5, 5.41) is 0. The molecule has 0 aliphatic carbocycles. The van der Waals surface area contributed by atoms with Gasteiger partial charge >= 0.3 is 0 Å². The van der Waals surface area contributed by atoms with Crippen molar-refractivity contribution in [3.63, 3.8) is 0 Å². The van der Waals surface area contributed by atoms with Crippen LogP contribution in [0.3, 0.4) is 0 Å². The third-order valence-corrected chi connectivity index (χ3v) is 1.71. The van der Waals surface area contributed by atoms with Gasteiger partial charge in [-0.25, -0.2) is 0 Å². The third kappa shape index (κ3) is 2.70. The first-order chi connectivity index (χ1) is 6.77. The summed E-state index contributed by atoms with van der Waals surface area (Å²) in [6.45, 7) is 0.0391. The number of hydrogen-bond acceptors (Lipinski definition) is 4. The minimum absolute atomic E-state index is 0.0866. The van der Waals surface area contributed by atoms with Crippen LogP contribution in [0.1, 0.15) is 5.76 Å². The quantitative estimate of drug-likeness (QED) is 0.698. The predicted octanol–water partition coefficient (Wildman–Crippen LogP) is -0.323. The van der Waals surface area contributed by atoms with Crippen LogP contribution >= 0.6 is 0 Å². The molecule has 75 valence electrons. The van der Waals surface area contributed by atoms with Gasteiger partial charge in [0.15, 0.2) is 0 Å². The van der Waals surface area contributed by atoms with Crippen molar-refractivity contribution >= 4 is 12.2 Å². The number of carbonyl (C=O) groups excluding carboxylic acids is 2. The normalized spacial score (nSPS) is 9.79. The molecule has 1 heterocycles. The fraction of sp³-hybridized carbons (Fsp3) is 0.333. The van der Waals surface area contributed by atoms with Gasteiger partial charge in [0.1, 0.15) is 5.76 Å². The molecule has 0 bridgehead atoms. The van der Waals surface area contributed by atoms with Crippen molar-refractivity contribution in [3.05, 3.63) is 24.2 Å². The number of rotatable bonds is 5. The van der Waals surface area contributed by atoms with Crippen molar-refractivity contribution in [1.82, 2.24) is 4.90 Å². The highest BCUT2D eigenvalue weighted by Crippen LogP contribution is 2.04. The summed E-state index contributed by atoms with van der Waals surface area (Å²) in [5.41, 5.74) is 5.18. The van der Waals surface area contributed by atoms with E-state index in [1.807, 2.05) is 0 Å². The standard InChI is InChI=1S/C9H11N2O3/c10-6-9(13)11(3-4-12)7-8-2-1-5-14-8/h1-2,5H,3,6-7,10H2. The average Bonchev–Trinajstić information content (AvgIpc) is 2.68. The second-order valence-electron chi connectivity index (χ2n) is 2.68. The van der Waals surface area contributed by atoms with E-state index in [1.54, 1.807) is 18.4 Å². The van der Waals surface area contributed by atoms with Crippen LogP contribution < -0.4 is 5.73 Å². The van der Waals surface area contributed by atoms with E-state index in [2.05, 4.69) is 0 Å². The number of amides is 1. The molecule has 0 aromatic carbocycles. The minimum atomic E-state index is -0.301. The largest absolute Gasteiger partial charge is 0.467 e. The lowest BCUT2D eigenvalue weighted by Crippen LogP contribution is -2.36. The molecule has 1 aromatic heterocycles. The Hall–Kier alpha value is -1.62. The van der Waals surface area contributed by atoms with Gasteiger partial charge in [0.2, 0.25) is 12.2 Å². The topological polar surface area (TPSA) is 76.5 Å². The maximum atomic E-state index is 11.2. The highest BCUT2D eigenvalue weighted by molar-refractivity contribution is 5.80. The summed E-state index contributed by atoms with van der Waals surface area (Å²) in [6, 6.07) is 3.44. The van der Waals surface area contributed by atoms with Crippen molar-refractivity contribution in [2.45, 2.75) is 6.54 Å². The average molecular weight is 195 g/mol. The first kappa shape index (κ1) is 10.5. The smallest absolute Gasteiger partial charge is 0.237 e. The van der Waals surface area contributed by atoms with Gasteiger partial charge in [0.25, 0.3) is 0 Å². The molecule has 0 atom stereocenters. The summed E-state index contributed by atoms with van der Waals surface area (Å²) in [6.07, 6.45) is 3.16. The van der Waals surface area contributed by atoms with E-state index in [9.17, 15) is 9.59 Å². The van der Waals surface area contributed by atoms with E-state index >= 15 is 0 Å². The molecule has 0 unspecified atom stereocenters. The molecular weight excluding hydrogens is 184 g/mol. The number of hydrogen-bond donors (Lipinski definition) is 1. The van der Waals surface area contributed by atoms with Gasteiger partial charge in [-0.2, -0.15) is 0 Å². The Kier molecular flexibility index (Phi) is 3.87. The molecule has 0 aliphatic rings. The van der Waals surface area contributed by atoms with Gasteiger partial charge in [-0.1, -0.05) is 0 Å². The van der Waals surface area contributed by atoms with Gasteiger partial charge in [0.05, 0.1) is 25.9 Å². The lowest BCUT2D eigenvalue weighted by molar-refractivity contribution is -0.129. The fourth-order valence-electron chi connectivity index (χ4n) is 1.03. The van der Waals surface area contributed by atoms with Crippen molar-refractivity contribution in [2.75, 3.05) is 13.1 Å². The summed E-state index contributed by atoms with van der Waals surface area (Å²) in [5.74, 6) is 0.312. The predicted molar refractivity (Wildman–Crippen MR) is 48.9 cm³/mol. The van der Waals surface area contributed by atoms with Crippen molar-refractivity contribution in [2.24, 2.45) is 5.73 Å². The van der Waals surface area contributed by atoms with Gasteiger partial charge < -0.3 is 15.1 Å². The van der Waals surface area contributed by atoms with Crippen LogP contribution in [0.2, 0.25) is 0 Å². The Balaban J connectivity index is 2.59. The van der Waals surface area contributed by atoms with E-state index in [0.29, 0.717) is 5.76 Å². The minimum Gasteiger partial charge on any atom is -0.467 e. The van der Waals surface area contributed by atoms with E-state index < -0.39 is 0 Å². The molecule has 1 amide bonds. The Labute approximate surface area is 81.5 Å². The molecular formula is C9H11N2O3. The Morgan fingerprint density at radius 3 is 2.93 bits per heavy atom. The first-order valence-corrected chi connectivity index (χ1v) is 4.13. The Bertz CT molecular complexity index is 295. The molecule has 0 saturated carbocycles. The highest BCUT2D eigenvalue weighted by Gasteiger charge is 2.12. The second kappa shape index (κ2) is 5.18. The SMILES string of the molecule is NCC(=O)N(C[C]=O)Cc1ccco1. The molecule has 2 N–H and O–H groups in total. The maximum Gasteiger partial charge on any atom is 0.237 e. The number of nitrogens with two attached hydrogens (primary N) is 1. The van der Waals surface area contributed by atoms with E-state index in [1.165, 1.54) is 11.2 Å². The van der Waals surface area contributed by atoms with Gasteiger partial charge in [0, 0.05) is 0 Å². The second-order valence-corrected chi connectivity index (χ2v) is 2.68. The molecule has 14 heavy (non-hydrogen) atoms. The van der Waals surface area contributed by atoms with Gasteiger partial charge in [-0.3, -0.25) is 9.59 Å². The van der Waals surface area contributed by atoms with Crippen molar-refractivity contribution < 1.29 is 14.0 Å². The van der Waals surface area contributed by atoms with Crippen molar-refractivity contribution in [1.29, 1.82) is 0 Å². The van der Waals surface area contributed by atoms with E-state index in [4.69, 9.17) is 10.2 Å². The molecule has 0 saturated heterocycles. The van der Waals surface area contributed by atoms with Crippen molar-refractivity contribution in [3.8, 4) is 0 Å². The number of furan rings is 1. The van der Waals surface area contributed by atoms with Crippen LogP contribution in [0.15, 0.2) is 22.8 Å². The maximum absolute atomic E-state index is 11.2. The molecule has 5 heteroatoms. The third-order valence-electron chi connectivity index (χ3n) is 1.71. The summed E-state index contributed by atoms with van der Waals surface area (Å²) in [4.78, 5) is 22.7. The molecule has 0 aliphatic heterocycles. The zero-order valence-corrected chi connectivity index (χ0v) is 7.60. The fourth-order valence-corrected chi connectivity index (χ4v) is 1.03. The molecule has 5 nitrogen and oxygen atoms in total. The molecule has 1 aromatic rings. The highest BCUT2D eigenvalue weighted by atomic mass is 16.3. The van der Waals surface area contributed by atoms with Crippen LogP contribution in [0.5, 0.6) is 0 Å². The van der Waals surface area contributed by atoms with E-state index in [-0.39, 0.29) is 25.5 Å². The molecule has 1 radical (unpaired) electrons. The number of nitrogens with zero attached hydrogens (tertiary/aromatic N) is 1. The summed E-state index contributed by atoms with van der Waals surface area (Å²) < 4.78 is 5.04. The molecule has 0 fully saturated rings. The molecule has 0 spiro atoms. The number of carbonyl (C=O) groups is 1. The van der Waals surface area contributed by atoms with Crippen LogP contribution in [0, 0.1) is 0 Å². The van der Waals surface area contributed by atoms with E-state index in [0.717, 1.165) is 0 Å². The zero-order chi connectivity index (χ0) is 10.4. The Morgan fingerprint density at radius 1 is 1.64 bits per heavy atom. The Morgan fingerprint density at radius 2 is 2.43 bits per heavy atom. The lowest BCUT2D eigenvalue weighted by atomic mass is 10.3. The van der Waals surface area contributed by atoms with Crippen LogP contribution in [-0.4, -0.2) is 30.2 Å². The molecule has 1 rings (SSSR count). The zero-order valence-electron chi connectivity index (χ0n) is 7.60. The first-order valence-electron chi connectivity index (χ1n) is 4.13. The van der Waals surface area contributed by atoms with Crippen LogP contribution in [-0.2, 0) is 16.1 Å². The monoisotopic (exact) mass is 195 g/mol. The lowest BCUT2D eigenvalue weighted by Gasteiger charge is -2.17.